The summed E-state index contributed by atoms with van der Waals surface area (Å²) < 4.78 is 5.45. The van der Waals surface area contributed by atoms with E-state index in [9.17, 15) is 0 Å². The van der Waals surface area contributed by atoms with Gasteiger partial charge in [0.15, 0.2) is 0 Å². The number of rotatable bonds is 6. The summed E-state index contributed by atoms with van der Waals surface area (Å²) in [5.74, 6) is 0.899. The number of nitrogens with two attached hydrogens (primary N) is 1. The van der Waals surface area contributed by atoms with Crippen molar-refractivity contribution in [2.24, 2.45) is 5.73 Å². The number of benzene rings is 1. The van der Waals surface area contributed by atoms with E-state index in [1.807, 2.05) is 19.1 Å². The Morgan fingerprint density at radius 1 is 1.21 bits per heavy atom. The normalized spacial score (nSPS) is 10.7. The van der Waals surface area contributed by atoms with Gasteiger partial charge in [0.1, 0.15) is 10.8 Å². The molecule has 3 nitrogen and oxygen atoms in total. The maximum atomic E-state index is 5.79. The topological polar surface area (TPSA) is 48.1 Å². The zero-order valence-corrected chi connectivity index (χ0v) is 12.3. The van der Waals surface area contributed by atoms with Crippen molar-refractivity contribution >= 4 is 11.3 Å². The fourth-order valence-corrected chi connectivity index (χ4v) is 2.95. The lowest BCUT2D eigenvalue weighted by Gasteiger charge is -2.02. The molecule has 19 heavy (non-hydrogen) atoms. The molecule has 0 aliphatic heterocycles. The van der Waals surface area contributed by atoms with Crippen LogP contribution in [0, 0.1) is 0 Å². The minimum absolute atomic E-state index is 0.573. The standard InChI is InChI=1S/C15H20N2OS/c1-3-5-13-14(10-16)19-15(17-13)11-6-8-12(9-7-11)18-4-2/h6-9H,3-5,10,16H2,1-2H3. The van der Waals surface area contributed by atoms with Crippen LogP contribution in [0.5, 0.6) is 5.75 Å². The molecule has 0 amide bonds. The maximum Gasteiger partial charge on any atom is 0.123 e. The van der Waals surface area contributed by atoms with Gasteiger partial charge in [0.25, 0.3) is 0 Å². The van der Waals surface area contributed by atoms with Gasteiger partial charge in [0, 0.05) is 17.0 Å². The van der Waals surface area contributed by atoms with Gasteiger partial charge in [-0.3, -0.25) is 0 Å². The predicted molar refractivity (Wildman–Crippen MR) is 80.6 cm³/mol. The summed E-state index contributed by atoms with van der Waals surface area (Å²) in [5, 5.41) is 1.05. The summed E-state index contributed by atoms with van der Waals surface area (Å²) in [6.45, 7) is 5.41. The first kappa shape index (κ1) is 14.0. The second-order valence-electron chi connectivity index (χ2n) is 4.30. The van der Waals surface area contributed by atoms with Gasteiger partial charge < -0.3 is 10.5 Å². The second-order valence-corrected chi connectivity index (χ2v) is 5.38. The Bertz CT molecular complexity index is 519. The number of hydrogen-bond acceptors (Lipinski definition) is 4. The van der Waals surface area contributed by atoms with Crippen LogP contribution >= 0.6 is 11.3 Å². The van der Waals surface area contributed by atoms with E-state index in [4.69, 9.17) is 15.5 Å². The minimum atomic E-state index is 0.573. The molecule has 0 atom stereocenters. The zero-order valence-electron chi connectivity index (χ0n) is 11.5. The van der Waals surface area contributed by atoms with Gasteiger partial charge in [0.2, 0.25) is 0 Å². The van der Waals surface area contributed by atoms with Gasteiger partial charge in [-0.05, 0) is 37.6 Å². The van der Waals surface area contributed by atoms with Crippen molar-refractivity contribution in [2.75, 3.05) is 6.61 Å². The quantitative estimate of drug-likeness (QED) is 0.876. The molecule has 2 rings (SSSR count). The number of ether oxygens (including phenoxy) is 1. The van der Waals surface area contributed by atoms with Crippen molar-refractivity contribution in [2.45, 2.75) is 33.2 Å². The largest absolute Gasteiger partial charge is 0.494 e. The van der Waals surface area contributed by atoms with Crippen molar-refractivity contribution in [1.82, 2.24) is 4.98 Å². The Labute approximate surface area is 118 Å². The molecule has 0 saturated heterocycles. The molecule has 1 heterocycles. The van der Waals surface area contributed by atoms with Gasteiger partial charge in [0.05, 0.1) is 12.3 Å². The first-order valence-corrected chi connectivity index (χ1v) is 7.52. The molecule has 1 aromatic carbocycles. The van der Waals surface area contributed by atoms with Gasteiger partial charge in [-0.2, -0.15) is 0 Å². The molecule has 102 valence electrons. The molecule has 0 saturated carbocycles. The van der Waals surface area contributed by atoms with Crippen molar-refractivity contribution in [3.63, 3.8) is 0 Å². The minimum Gasteiger partial charge on any atom is -0.494 e. The molecule has 0 bridgehead atoms. The smallest absolute Gasteiger partial charge is 0.123 e. The summed E-state index contributed by atoms with van der Waals surface area (Å²) in [4.78, 5) is 5.91. The van der Waals surface area contributed by atoms with Gasteiger partial charge in [-0.15, -0.1) is 11.3 Å². The lowest BCUT2D eigenvalue weighted by molar-refractivity contribution is 0.340. The van der Waals surface area contributed by atoms with Crippen LogP contribution in [0.2, 0.25) is 0 Å². The van der Waals surface area contributed by atoms with E-state index >= 15 is 0 Å². The predicted octanol–water partition coefficient (Wildman–Crippen LogP) is 3.62. The van der Waals surface area contributed by atoms with Crippen LogP contribution in [0.1, 0.15) is 30.8 Å². The van der Waals surface area contributed by atoms with Crippen LogP contribution in [-0.4, -0.2) is 11.6 Å². The molecule has 2 N–H and O–H groups in total. The molecule has 0 aliphatic rings. The van der Waals surface area contributed by atoms with Crippen LogP contribution in [0.15, 0.2) is 24.3 Å². The monoisotopic (exact) mass is 276 g/mol. The third kappa shape index (κ3) is 3.33. The van der Waals surface area contributed by atoms with Crippen LogP contribution < -0.4 is 10.5 Å². The first-order valence-electron chi connectivity index (χ1n) is 6.70. The molecule has 2 aromatic rings. The van der Waals surface area contributed by atoms with Gasteiger partial charge in [-0.25, -0.2) is 4.98 Å². The highest BCUT2D eigenvalue weighted by atomic mass is 32.1. The number of nitrogens with zero attached hydrogens (tertiary/aromatic N) is 1. The van der Waals surface area contributed by atoms with Crippen LogP contribution in [-0.2, 0) is 13.0 Å². The summed E-state index contributed by atoms with van der Waals surface area (Å²) >= 11 is 1.69. The average Bonchev–Trinajstić information content (AvgIpc) is 2.84. The van der Waals surface area contributed by atoms with Gasteiger partial charge >= 0.3 is 0 Å². The lowest BCUT2D eigenvalue weighted by Crippen LogP contribution is -1.97. The fraction of sp³-hybridized carbons (Fsp3) is 0.400. The zero-order chi connectivity index (χ0) is 13.7. The molecule has 0 aliphatic carbocycles. The Morgan fingerprint density at radius 2 is 1.95 bits per heavy atom. The molecule has 1 aromatic heterocycles. The van der Waals surface area contributed by atoms with E-state index in [0.29, 0.717) is 13.2 Å². The number of thiazole rings is 1. The highest BCUT2D eigenvalue weighted by Gasteiger charge is 2.10. The second kappa shape index (κ2) is 6.68. The number of aromatic nitrogens is 1. The molecule has 0 radical (unpaired) electrons. The Morgan fingerprint density at radius 3 is 2.53 bits per heavy atom. The molecular formula is C15H20N2OS. The average molecular weight is 276 g/mol. The molecule has 4 heteroatoms. The van der Waals surface area contributed by atoms with Crippen molar-refractivity contribution < 1.29 is 4.74 Å². The maximum absolute atomic E-state index is 5.79. The summed E-state index contributed by atoms with van der Waals surface area (Å²) in [6, 6.07) is 8.09. The Kier molecular flexibility index (Phi) is 4.93. The number of aryl methyl sites for hydroxylation is 1. The lowest BCUT2D eigenvalue weighted by atomic mass is 10.2. The fourth-order valence-electron chi connectivity index (χ4n) is 1.96. The Hall–Kier alpha value is -1.39. The van der Waals surface area contributed by atoms with E-state index in [1.54, 1.807) is 11.3 Å². The van der Waals surface area contributed by atoms with Crippen molar-refractivity contribution in [3.8, 4) is 16.3 Å². The summed E-state index contributed by atoms with van der Waals surface area (Å²) in [7, 11) is 0. The number of hydrogen-bond donors (Lipinski definition) is 1. The van der Waals surface area contributed by atoms with Gasteiger partial charge in [-0.1, -0.05) is 13.3 Å². The van der Waals surface area contributed by atoms with Crippen molar-refractivity contribution in [3.05, 3.63) is 34.8 Å². The van der Waals surface area contributed by atoms with Crippen molar-refractivity contribution in [1.29, 1.82) is 0 Å². The van der Waals surface area contributed by atoms with E-state index in [2.05, 4.69) is 19.1 Å². The molecule has 0 fully saturated rings. The Balaban J connectivity index is 2.25. The summed E-state index contributed by atoms with van der Waals surface area (Å²) in [5.41, 5.74) is 8.07. The van der Waals surface area contributed by atoms with Crippen LogP contribution in [0.25, 0.3) is 10.6 Å². The summed E-state index contributed by atoms with van der Waals surface area (Å²) in [6.07, 6.45) is 2.10. The van der Waals surface area contributed by atoms with E-state index < -0.39 is 0 Å². The third-order valence-electron chi connectivity index (χ3n) is 2.86. The SMILES string of the molecule is CCCc1nc(-c2ccc(OCC)cc2)sc1CN. The van der Waals surface area contributed by atoms with E-state index in [1.165, 1.54) is 4.88 Å². The van der Waals surface area contributed by atoms with E-state index in [0.717, 1.165) is 34.9 Å². The van der Waals surface area contributed by atoms with Crippen LogP contribution in [0.3, 0.4) is 0 Å². The van der Waals surface area contributed by atoms with Crippen LogP contribution in [0.4, 0.5) is 0 Å². The molecule has 0 spiro atoms. The first-order chi connectivity index (χ1) is 9.28. The third-order valence-corrected chi connectivity index (χ3v) is 4.03. The molecular weight excluding hydrogens is 256 g/mol. The van der Waals surface area contributed by atoms with E-state index in [-0.39, 0.29) is 0 Å². The molecule has 0 unspecified atom stereocenters. The highest BCUT2D eigenvalue weighted by Crippen LogP contribution is 2.29. The highest BCUT2D eigenvalue weighted by molar-refractivity contribution is 7.15.